The molecule has 0 fully saturated rings. The molecule has 0 atom stereocenters. The van der Waals surface area contributed by atoms with Gasteiger partial charge in [0.15, 0.2) is 11.6 Å². The van der Waals surface area contributed by atoms with Crippen molar-refractivity contribution in [1.82, 2.24) is 4.90 Å². The first-order valence-electron chi connectivity index (χ1n) is 5.01. The zero-order valence-electron chi connectivity index (χ0n) is 9.11. The van der Waals surface area contributed by atoms with Crippen LogP contribution in [0.3, 0.4) is 0 Å². The number of benzene rings is 1. The van der Waals surface area contributed by atoms with E-state index in [1.54, 1.807) is 11.0 Å². The Balaban J connectivity index is 2.77. The summed E-state index contributed by atoms with van der Waals surface area (Å²) in [5.41, 5.74) is 5.52. The lowest BCUT2D eigenvalue weighted by atomic mass is 10.2. The zero-order chi connectivity index (χ0) is 12.1. The molecule has 0 saturated heterocycles. The van der Waals surface area contributed by atoms with Crippen molar-refractivity contribution in [3.05, 3.63) is 29.6 Å². The Bertz CT molecular complexity index is 382. The smallest absolute Gasteiger partial charge is 0.231 e. The quantitative estimate of drug-likeness (QED) is 0.781. The number of hydrogen-bond donors (Lipinski definition) is 2. The molecule has 0 unspecified atom stereocenters. The summed E-state index contributed by atoms with van der Waals surface area (Å²) in [4.78, 5) is 12.5. The Morgan fingerprint density at radius 2 is 2.25 bits per heavy atom. The van der Waals surface area contributed by atoms with Gasteiger partial charge in [0, 0.05) is 12.1 Å². The summed E-state index contributed by atoms with van der Waals surface area (Å²) in [7, 11) is 0. The number of hydrogen-bond acceptors (Lipinski definition) is 3. The Morgan fingerprint density at radius 3 is 2.81 bits per heavy atom. The molecule has 0 bridgehead atoms. The number of likely N-dealkylation sites (N-methyl/N-ethyl adjacent to an activating group) is 1. The largest absolute Gasteiger partial charge is 0.505 e. The Kier molecular flexibility index (Phi) is 4.25. The zero-order valence-corrected chi connectivity index (χ0v) is 9.11. The first-order chi connectivity index (χ1) is 7.54. The molecule has 0 aliphatic carbocycles. The van der Waals surface area contributed by atoms with Crippen LogP contribution in [-0.4, -0.2) is 29.0 Å². The van der Waals surface area contributed by atoms with E-state index in [-0.39, 0.29) is 12.3 Å². The first kappa shape index (κ1) is 12.4. The SMILES string of the molecule is CCN(CC(N)=O)Cc1cccc(F)c1O. The molecule has 5 heteroatoms. The van der Waals surface area contributed by atoms with E-state index in [2.05, 4.69) is 0 Å². The summed E-state index contributed by atoms with van der Waals surface area (Å²) in [5.74, 6) is -1.48. The normalized spacial score (nSPS) is 10.7. The second-order valence-corrected chi connectivity index (χ2v) is 3.52. The van der Waals surface area contributed by atoms with Gasteiger partial charge in [-0.2, -0.15) is 0 Å². The standard InChI is InChI=1S/C11H15FN2O2/c1-2-14(7-10(13)15)6-8-4-3-5-9(12)11(8)16/h3-5,16H,2,6-7H2,1H3,(H2,13,15). The topological polar surface area (TPSA) is 66.6 Å². The van der Waals surface area contributed by atoms with Crippen molar-refractivity contribution >= 4 is 5.91 Å². The van der Waals surface area contributed by atoms with Crippen LogP contribution in [-0.2, 0) is 11.3 Å². The van der Waals surface area contributed by atoms with Gasteiger partial charge < -0.3 is 10.8 Å². The van der Waals surface area contributed by atoms with Gasteiger partial charge in [0.1, 0.15) is 0 Å². The Morgan fingerprint density at radius 1 is 1.56 bits per heavy atom. The molecular formula is C11H15FN2O2. The van der Waals surface area contributed by atoms with Gasteiger partial charge >= 0.3 is 0 Å². The van der Waals surface area contributed by atoms with Crippen molar-refractivity contribution in [3.8, 4) is 5.75 Å². The average molecular weight is 226 g/mol. The molecule has 3 N–H and O–H groups in total. The highest BCUT2D eigenvalue weighted by Crippen LogP contribution is 2.21. The van der Waals surface area contributed by atoms with E-state index in [0.717, 1.165) is 0 Å². The van der Waals surface area contributed by atoms with Crippen LogP contribution in [0.5, 0.6) is 5.75 Å². The van der Waals surface area contributed by atoms with Crippen LogP contribution in [0.25, 0.3) is 0 Å². The third kappa shape index (κ3) is 3.20. The first-order valence-corrected chi connectivity index (χ1v) is 5.01. The maximum Gasteiger partial charge on any atom is 0.231 e. The van der Waals surface area contributed by atoms with E-state index in [1.165, 1.54) is 12.1 Å². The number of nitrogens with two attached hydrogens (primary N) is 1. The lowest BCUT2D eigenvalue weighted by molar-refractivity contribution is -0.119. The molecule has 0 radical (unpaired) electrons. The minimum absolute atomic E-state index is 0.0897. The predicted octanol–water partition coefficient (Wildman–Crippen LogP) is 0.838. The van der Waals surface area contributed by atoms with E-state index in [4.69, 9.17) is 5.73 Å². The molecule has 4 nitrogen and oxygen atoms in total. The minimum atomic E-state index is -0.660. The number of halogens is 1. The van der Waals surface area contributed by atoms with Gasteiger partial charge in [-0.05, 0) is 12.6 Å². The fourth-order valence-corrected chi connectivity index (χ4v) is 1.43. The summed E-state index contributed by atoms with van der Waals surface area (Å²) in [5, 5.41) is 9.46. The van der Waals surface area contributed by atoms with Crippen LogP contribution < -0.4 is 5.73 Å². The second-order valence-electron chi connectivity index (χ2n) is 3.52. The van der Waals surface area contributed by atoms with Crippen molar-refractivity contribution in [2.24, 2.45) is 5.73 Å². The number of carbonyl (C=O) groups is 1. The molecule has 1 aromatic carbocycles. The van der Waals surface area contributed by atoms with Crippen molar-refractivity contribution in [3.63, 3.8) is 0 Å². The third-order valence-corrected chi connectivity index (χ3v) is 2.29. The van der Waals surface area contributed by atoms with E-state index >= 15 is 0 Å². The van der Waals surface area contributed by atoms with E-state index in [0.29, 0.717) is 18.7 Å². The molecule has 0 heterocycles. The maximum atomic E-state index is 13.0. The van der Waals surface area contributed by atoms with Crippen LogP contribution >= 0.6 is 0 Å². The van der Waals surface area contributed by atoms with E-state index < -0.39 is 11.7 Å². The fraction of sp³-hybridized carbons (Fsp3) is 0.364. The molecule has 0 saturated carbocycles. The minimum Gasteiger partial charge on any atom is -0.505 e. The molecule has 1 aromatic rings. The molecule has 0 spiro atoms. The van der Waals surface area contributed by atoms with Gasteiger partial charge in [-0.25, -0.2) is 4.39 Å². The second kappa shape index (κ2) is 5.46. The third-order valence-electron chi connectivity index (χ3n) is 2.29. The number of primary amides is 1. The van der Waals surface area contributed by atoms with Gasteiger partial charge in [-0.15, -0.1) is 0 Å². The van der Waals surface area contributed by atoms with Crippen molar-refractivity contribution in [1.29, 1.82) is 0 Å². The van der Waals surface area contributed by atoms with E-state index in [9.17, 15) is 14.3 Å². The van der Waals surface area contributed by atoms with Crippen molar-refractivity contribution in [2.45, 2.75) is 13.5 Å². The number of aromatic hydroxyl groups is 1. The molecule has 88 valence electrons. The fourth-order valence-electron chi connectivity index (χ4n) is 1.43. The summed E-state index contributed by atoms with van der Waals surface area (Å²) in [6, 6.07) is 4.31. The van der Waals surface area contributed by atoms with Gasteiger partial charge in [0.2, 0.25) is 5.91 Å². The number of carbonyl (C=O) groups excluding carboxylic acids is 1. The Hall–Kier alpha value is -1.62. The molecule has 16 heavy (non-hydrogen) atoms. The molecule has 1 rings (SSSR count). The summed E-state index contributed by atoms with van der Waals surface area (Å²) in [6.07, 6.45) is 0. The number of rotatable bonds is 5. The van der Waals surface area contributed by atoms with Crippen molar-refractivity contribution in [2.75, 3.05) is 13.1 Å². The molecule has 0 aliphatic rings. The predicted molar refractivity (Wildman–Crippen MR) is 58.2 cm³/mol. The lowest BCUT2D eigenvalue weighted by Crippen LogP contribution is -2.33. The van der Waals surface area contributed by atoms with Crippen molar-refractivity contribution < 1.29 is 14.3 Å². The highest BCUT2D eigenvalue weighted by Gasteiger charge is 2.11. The summed E-state index contributed by atoms with van der Waals surface area (Å²) in [6.45, 7) is 2.84. The monoisotopic (exact) mass is 226 g/mol. The highest BCUT2D eigenvalue weighted by molar-refractivity contribution is 5.75. The van der Waals surface area contributed by atoms with Crippen LogP contribution in [0.1, 0.15) is 12.5 Å². The number of nitrogens with zero attached hydrogens (tertiary/aromatic N) is 1. The van der Waals surface area contributed by atoms with Crippen LogP contribution in [0.15, 0.2) is 18.2 Å². The van der Waals surface area contributed by atoms with Gasteiger partial charge in [0.05, 0.1) is 6.54 Å². The van der Waals surface area contributed by atoms with Crippen LogP contribution in [0.2, 0.25) is 0 Å². The molecule has 1 amide bonds. The number of phenolic OH excluding ortho intramolecular Hbond substituents is 1. The lowest BCUT2D eigenvalue weighted by Gasteiger charge is -2.19. The van der Waals surface area contributed by atoms with Gasteiger partial charge in [0.25, 0.3) is 0 Å². The van der Waals surface area contributed by atoms with Gasteiger partial charge in [-0.3, -0.25) is 9.69 Å². The summed E-state index contributed by atoms with van der Waals surface area (Å²) >= 11 is 0. The van der Waals surface area contributed by atoms with Gasteiger partial charge in [-0.1, -0.05) is 19.1 Å². The van der Waals surface area contributed by atoms with E-state index in [1.807, 2.05) is 6.92 Å². The molecule has 0 aromatic heterocycles. The summed E-state index contributed by atoms with van der Waals surface area (Å²) < 4.78 is 13.0. The molecular weight excluding hydrogens is 211 g/mol. The van der Waals surface area contributed by atoms with Crippen LogP contribution in [0, 0.1) is 5.82 Å². The highest BCUT2D eigenvalue weighted by atomic mass is 19.1. The van der Waals surface area contributed by atoms with Crippen LogP contribution in [0.4, 0.5) is 4.39 Å². The maximum absolute atomic E-state index is 13.0. The Labute approximate surface area is 93.5 Å². The number of amides is 1. The number of phenols is 1. The average Bonchev–Trinajstić information content (AvgIpc) is 2.23. The molecule has 0 aliphatic heterocycles. The number of para-hydroxylation sites is 1.